The number of thioether (sulfide) groups is 1. The zero-order valence-corrected chi connectivity index (χ0v) is 19.4. The van der Waals surface area contributed by atoms with Crippen LogP contribution >= 0.6 is 24.0 Å². The van der Waals surface area contributed by atoms with E-state index in [9.17, 15) is 9.59 Å². The Morgan fingerprint density at radius 2 is 1.91 bits per heavy atom. The SMILES string of the molecule is CCOc1ccc(-c2nn(-c3ccccc3)cc2/C=C2/SC(=S)N(CCC(=O)O)C2=O)cc1. The first-order chi connectivity index (χ1) is 16.0. The molecule has 1 amide bonds. The molecular weight excluding hydrogens is 458 g/mol. The van der Waals surface area contributed by atoms with E-state index >= 15 is 0 Å². The van der Waals surface area contributed by atoms with Gasteiger partial charge in [-0.3, -0.25) is 14.5 Å². The average molecular weight is 480 g/mol. The van der Waals surface area contributed by atoms with Gasteiger partial charge in [-0.1, -0.05) is 42.2 Å². The standard InChI is InChI=1S/C24H21N3O4S2/c1-2-31-19-10-8-16(9-11-19)22-17(15-27(25-22)18-6-4-3-5-7-18)14-20-23(30)26(24(32)33-20)13-12-21(28)29/h3-11,14-15H,2,12-13H2,1H3,(H,28,29)/b20-14+. The minimum Gasteiger partial charge on any atom is -0.494 e. The largest absolute Gasteiger partial charge is 0.494 e. The number of rotatable bonds is 8. The maximum absolute atomic E-state index is 12.9. The minimum atomic E-state index is -0.977. The van der Waals surface area contributed by atoms with Crippen LogP contribution in [0, 0.1) is 0 Å². The smallest absolute Gasteiger partial charge is 0.305 e. The number of amides is 1. The van der Waals surface area contributed by atoms with Crippen LogP contribution in [0.3, 0.4) is 0 Å². The molecule has 1 aliphatic heterocycles. The van der Waals surface area contributed by atoms with Crippen LogP contribution in [0.25, 0.3) is 23.0 Å². The van der Waals surface area contributed by atoms with Gasteiger partial charge >= 0.3 is 5.97 Å². The number of benzene rings is 2. The molecule has 0 atom stereocenters. The summed E-state index contributed by atoms with van der Waals surface area (Å²) in [5.74, 6) is -0.504. The summed E-state index contributed by atoms with van der Waals surface area (Å²) in [5.41, 5.74) is 3.22. The Hall–Kier alpha value is -3.43. The van der Waals surface area contributed by atoms with Crippen LogP contribution in [0.4, 0.5) is 0 Å². The molecule has 0 aliphatic carbocycles. The summed E-state index contributed by atoms with van der Waals surface area (Å²) in [6.07, 6.45) is 3.46. The minimum absolute atomic E-state index is 0.0480. The summed E-state index contributed by atoms with van der Waals surface area (Å²) in [6.45, 7) is 2.56. The van der Waals surface area contributed by atoms with Gasteiger partial charge in [-0.05, 0) is 49.4 Å². The van der Waals surface area contributed by atoms with Gasteiger partial charge in [-0.2, -0.15) is 5.10 Å². The van der Waals surface area contributed by atoms with Gasteiger partial charge in [0.25, 0.3) is 5.91 Å². The Morgan fingerprint density at radius 3 is 2.58 bits per heavy atom. The van der Waals surface area contributed by atoms with Crippen LogP contribution in [0.1, 0.15) is 18.9 Å². The Morgan fingerprint density at radius 1 is 1.18 bits per heavy atom. The maximum Gasteiger partial charge on any atom is 0.305 e. The summed E-state index contributed by atoms with van der Waals surface area (Å²) in [7, 11) is 0. The fourth-order valence-corrected chi connectivity index (χ4v) is 4.65. The van der Waals surface area contributed by atoms with Crippen molar-refractivity contribution < 1.29 is 19.4 Å². The number of carbonyl (C=O) groups is 2. The topological polar surface area (TPSA) is 84.7 Å². The number of aromatic nitrogens is 2. The third kappa shape index (κ3) is 5.15. The number of para-hydroxylation sites is 1. The van der Waals surface area contributed by atoms with Gasteiger partial charge in [0.15, 0.2) is 0 Å². The number of nitrogens with zero attached hydrogens (tertiary/aromatic N) is 3. The van der Waals surface area contributed by atoms with Gasteiger partial charge in [0.05, 0.1) is 29.3 Å². The van der Waals surface area contributed by atoms with Crippen LogP contribution < -0.4 is 4.74 Å². The number of thiocarbonyl (C=S) groups is 1. The molecule has 9 heteroatoms. The van der Waals surface area contributed by atoms with Gasteiger partial charge in [0.1, 0.15) is 10.1 Å². The molecule has 2 heterocycles. The van der Waals surface area contributed by atoms with Crippen LogP contribution in [-0.4, -0.2) is 49.1 Å². The van der Waals surface area contributed by atoms with Crippen molar-refractivity contribution in [1.29, 1.82) is 0 Å². The lowest BCUT2D eigenvalue weighted by molar-refractivity contribution is -0.137. The third-order valence-corrected chi connectivity index (χ3v) is 6.29. The summed E-state index contributed by atoms with van der Waals surface area (Å²) < 4.78 is 7.66. The molecule has 1 fully saturated rings. The third-order valence-electron chi connectivity index (χ3n) is 4.91. The van der Waals surface area contributed by atoms with Gasteiger partial charge < -0.3 is 9.84 Å². The second kappa shape index (κ2) is 10.0. The van der Waals surface area contributed by atoms with Crippen molar-refractivity contribution in [3.63, 3.8) is 0 Å². The van der Waals surface area contributed by atoms with E-state index in [1.807, 2.05) is 67.7 Å². The number of carboxylic acids is 1. The summed E-state index contributed by atoms with van der Waals surface area (Å²) in [4.78, 5) is 25.6. The average Bonchev–Trinajstić information content (AvgIpc) is 3.34. The van der Waals surface area contributed by atoms with E-state index < -0.39 is 5.97 Å². The Labute approximate surface area is 200 Å². The fourth-order valence-electron chi connectivity index (χ4n) is 3.35. The monoisotopic (exact) mass is 479 g/mol. The highest BCUT2D eigenvalue weighted by Crippen LogP contribution is 2.35. The van der Waals surface area contributed by atoms with Crippen molar-refractivity contribution in [3.05, 3.63) is 71.3 Å². The highest BCUT2D eigenvalue weighted by molar-refractivity contribution is 8.26. The first kappa shape index (κ1) is 22.8. The predicted octanol–water partition coefficient (Wildman–Crippen LogP) is 4.61. The van der Waals surface area contributed by atoms with E-state index in [2.05, 4.69) is 0 Å². The van der Waals surface area contributed by atoms with Gasteiger partial charge in [-0.15, -0.1) is 0 Å². The molecule has 33 heavy (non-hydrogen) atoms. The van der Waals surface area contributed by atoms with Crippen molar-refractivity contribution in [2.45, 2.75) is 13.3 Å². The molecular formula is C24H21N3O4S2. The zero-order chi connectivity index (χ0) is 23.4. The summed E-state index contributed by atoms with van der Waals surface area (Å²) in [5, 5.41) is 13.7. The van der Waals surface area contributed by atoms with E-state index in [0.29, 0.717) is 21.5 Å². The van der Waals surface area contributed by atoms with Crippen molar-refractivity contribution in [3.8, 4) is 22.7 Å². The zero-order valence-electron chi connectivity index (χ0n) is 17.8. The number of aliphatic carboxylic acids is 1. The van der Waals surface area contributed by atoms with Crippen LogP contribution in [0.2, 0.25) is 0 Å². The number of hydrogen-bond acceptors (Lipinski definition) is 6. The van der Waals surface area contributed by atoms with Crippen LogP contribution in [-0.2, 0) is 9.59 Å². The molecule has 7 nitrogen and oxygen atoms in total. The molecule has 0 bridgehead atoms. The van der Waals surface area contributed by atoms with Crippen LogP contribution in [0.15, 0.2) is 65.7 Å². The normalized spacial score (nSPS) is 14.8. The highest BCUT2D eigenvalue weighted by Gasteiger charge is 2.32. The first-order valence-electron chi connectivity index (χ1n) is 10.3. The maximum atomic E-state index is 12.9. The van der Waals surface area contributed by atoms with Gasteiger partial charge in [0.2, 0.25) is 0 Å². The van der Waals surface area contributed by atoms with Crippen molar-refractivity contribution >= 4 is 46.3 Å². The Kier molecular flexibility index (Phi) is 6.90. The van der Waals surface area contributed by atoms with Gasteiger partial charge in [-0.25, -0.2) is 4.68 Å². The summed E-state index contributed by atoms with van der Waals surface area (Å²) in [6, 6.07) is 17.3. The number of ether oxygens (including phenoxy) is 1. The predicted molar refractivity (Wildman–Crippen MR) is 132 cm³/mol. The lowest BCUT2D eigenvalue weighted by Crippen LogP contribution is -2.30. The Bertz CT molecular complexity index is 1220. The molecule has 1 saturated heterocycles. The second-order valence-corrected chi connectivity index (χ2v) is 8.82. The molecule has 2 aromatic carbocycles. The van der Waals surface area contributed by atoms with E-state index in [-0.39, 0.29) is 18.9 Å². The molecule has 0 spiro atoms. The van der Waals surface area contributed by atoms with Crippen molar-refractivity contribution in [1.82, 2.24) is 14.7 Å². The molecule has 1 aliphatic rings. The van der Waals surface area contributed by atoms with Crippen LogP contribution in [0.5, 0.6) is 5.75 Å². The Balaban J connectivity index is 1.72. The summed E-state index contributed by atoms with van der Waals surface area (Å²) >= 11 is 6.47. The highest BCUT2D eigenvalue weighted by atomic mass is 32.2. The molecule has 1 N–H and O–H groups in total. The second-order valence-electron chi connectivity index (χ2n) is 7.15. The molecule has 1 aromatic heterocycles. The lowest BCUT2D eigenvalue weighted by Gasteiger charge is -2.12. The van der Waals surface area contributed by atoms with E-state index in [1.165, 1.54) is 16.7 Å². The van der Waals surface area contributed by atoms with Crippen molar-refractivity contribution in [2.75, 3.05) is 13.2 Å². The van der Waals surface area contributed by atoms with Gasteiger partial charge in [0, 0.05) is 23.9 Å². The lowest BCUT2D eigenvalue weighted by atomic mass is 10.1. The number of carbonyl (C=O) groups excluding carboxylic acids is 1. The quantitative estimate of drug-likeness (QED) is 0.373. The molecule has 168 valence electrons. The van der Waals surface area contributed by atoms with E-state index in [1.54, 1.807) is 10.8 Å². The molecule has 0 saturated carbocycles. The fraction of sp³-hybridized carbons (Fsp3) is 0.167. The molecule has 0 radical (unpaired) electrons. The first-order valence-corrected chi connectivity index (χ1v) is 11.5. The van der Waals surface area contributed by atoms with Crippen molar-refractivity contribution in [2.24, 2.45) is 0 Å². The molecule has 3 aromatic rings. The molecule has 4 rings (SSSR count). The van der Waals surface area contributed by atoms with E-state index in [0.717, 1.165) is 22.6 Å². The number of carboxylic acid groups (broad SMARTS) is 1. The number of hydrogen-bond donors (Lipinski definition) is 1. The van der Waals surface area contributed by atoms with E-state index in [4.69, 9.17) is 27.2 Å². The molecule has 0 unspecified atom stereocenters.